The molecule has 20 heavy (non-hydrogen) atoms. The van der Waals surface area contributed by atoms with Crippen LogP contribution in [0.1, 0.15) is 16.9 Å². The molecule has 0 saturated heterocycles. The molecule has 2 rings (SSSR count). The zero-order valence-electron chi connectivity index (χ0n) is 11.2. The van der Waals surface area contributed by atoms with Gasteiger partial charge in [0.25, 0.3) is 0 Å². The van der Waals surface area contributed by atoms with Gasteiger partial charge >= 0.3 is 11.9 Å². The molecule has 0 bridgehead atoms. The third-order valence-corrected chi connectivity index (χ3v) is 3.12. The summed E-state index contributed by atoms with van der Waals surface area (Å²) in [5, 5.41) is 10.9. The highest BCUT2D eigenvalue weighted by atomic mass is 16.4. The maximum absolute atomic E-state index is 12.3. The van der Waals surface area contributed by atoms with Gasteiger partial charge in [0, 0.05) is 0 Å². The number of carbonyl (C=O) groups excluding carboxylic acids is 1. The molecule has 0 aliphatic heterocycles. The molecule has 0 spiro atoms. The van der Waals surface area contributed by atoms with Crippen LogP contribution in [0.5, 0.6) is 0 Å². The fraction of sp³-hybridized carbons (Fsp3) is 0.214. The lowest BCUT2D eigenvalue weighted by atomic mass is 10.1. The summed E-state index contributed by atoms with van der Waals surface area (Å²) in [6.45, 7) is 5.24. The predicted molar refractivity (Wildman–Crippen MR) is 73.0 cm³/mol. The average molecular weight is 275 g/mol. The molecular weight excluding hydrogens is 262 g/mol. The van der Waals surface area contributed by atoms with Gasteiger partial charge in [-0.15, -0.1) is 0 Å². The van der Waals surface area contributed by atoms with Crippen LogP contribution in [0.25, 0.3) is 11.0 Å². The molecule has 6 heteroatoms. The van der Waals surface area contributed by atoms with E-state index in [-0.39, 0.29) is 11.4 Å². The highest BCUT2D eigenvalue weighted by Gasteiger charge is 2.18. The lowest BCUT2D eigenvalue weighted by Crippen LogP contribution is -2.26. The van der Waals surface area contributed by atoms with Crippen molar-refractivity contribution in [1.29, 1.82) is 0 Å². The van der Waals surface area contributed by atoms with E-state index < -0.39 is 17.3 Å². The molecule has 2 aromatic rings. The summed E-state index contributed by atoms with van der Waals surface area (Å²) in [6, 6.07) is 3.40. The van der Waals surface area contributed by atoms with Gasteiger partial charge in [0.2, 0.25) is 5.43 Å². The second-order valence-corrected chi connectivity index (χ2v) is 4.55. The number of carboxylic acids is 1. The van der Waals surface area contributed by atoms with E-state index in [1.807, 2.05) is 13.8 Å². The van der Waals surface area contributed by atoms with Gasteiger partial charge in [0.1, 0.15) is 17.0 Å². The van der Waals surface area contributed by atoms with Crippen LogP contribution in [0, 0.1) is 20.8 Å². The van der Waals surface area contributed by atoms with Gasteiger partial charge in [-0.3, -0.25) is 9.59 Å². The molecule has 6 nitrogen and oxygen atoms in total. The van der Waals surface area contributed by atoms with Crippen molar-refractivity contribution in [1.82, 2.24) is 0 Å². The summed E-state index contributed by atoms with van der Waals surface area (Å²) in [5.41, 5.74) is 1.69. The van der Waals surface area contributed by atoms with Gasteiger partial charge in [-0.05, 0) is 44.0 Å². The fourth-order valence-electron chi connectivity index (χ4n) is 1.87. The van der Waals surface area contributed by atoms with Crippen molar-refractivity contribution in [2.45, 2.75) is 20.8 Å². The number of rotatable bonds is 1. The predicted octanol–water partition coefficient (Wildman–Crippen LogP) is 1.74. The van der Waals surface area contributed by atoms with Gasteiger partial charge in [0.05, 0.1) is 5.39 Å². The number of carbonyl (C=O) groups is 2. The van der Waals surface area contributed by atoms with Crippen molar-refractivity contribution in [3.63, 3.8) is 0 Å². The largest absolute Gasteiger partial charge is 0.474 e. The summed E-state index contributed by atoms with van der Waals surface area (Å²) < 4.78 is 5.48. The van der Waals surface area contributed by atoms with E-state index in [1.54, 1.807) is 12.1 Å². The molecular formula is C14H13NO5. The molecule has 104 valence electrons. The van der Waals surface area contributed by atoms with Crippen molar-refractivity contribution in [2.75, 3.05) is 5.32 Å². The van der Waals surface area contributed by atoms with Crippen molar-refractivity contribution >= 4 is 28.5 Å². The minimum absolute atomic E-state index is 0.145. The van der Waals surface area contributed by atoms with Crippen LogP contribution in [0.2, 0.25) is 0 Å². The minimum Gasteiger partial charge on any atom is -0.474 e. The summed E-state index contributed by atoms with van der Waals surface area (Å²) in [5.74, 6) is -2.77. The number of hydrogen-bond donors (Lipinski definition) is 2. The highest BCUT2D eigenvalue weighted by molar-refractivity contribution is 6.36. The lowest BCUT2D eigenvalue weighted by molar-refractivity contribution is -0.147. The first-order chi connectivity index (χ1) is 9.31. The number of hydrogen-bond acceptors (Lipinski definition) is 4. The molecule has 0 unspecified atom stereocenters. The number of aliphatic carboxylic acids is 1. The Hall–Kier alpha value is -2.63. The normalized spacial score (nSPS) is 10.6. The van der Waals surface area contributed by atoms with Gasteiger partial charge in [0.15, 0.2) is 0 Å². The van der Waals surface area contributed by atoms with E-state index in [0.29, 0.717) is 11.0 Å². The maximum atomic E-state index is 12.3. The van der Waals surface area contributed by atoms with E-state index in [1.165, 1.54) is 6.92 Å². The van der Waals surface area contributed by atoms with Crippen molar-refractivity contribution in [3.8, 4) is 0 Å². The molecule has 0 aliphatic carbocycles. The molecule has 0 aliphatic rings. The fourth-order valence-corrected chi connectivity index (χ4v) is 1.87. The van der Waals surface area contributed by atoms with E-state index in [9.17, 15) is 14.4 Å². The topological polar surface area (TPSA) is 96.6 Å². The summed E-state index contributed by atoms with van der Waals surface area (Å²) in [7, 11) is 0. The first-order valence-electron chi connectivity index (χ1n) is 5.90. The molecule has 2 N–H and O–H groups in total. The first-order valence-corrected chi connectivity index (χ1v) is 5.90. The highest BCUT2D eigenvalue weighted by Crippen LogP contribution is 2.21. The molecule has 0 atom stereocenters. The average Bonchev–Trinajstić information content (AvgIpc) is 2.37. The Balaban J connectivity index is 2.68. The van der Waals surface area contributed by atoms with Crippen molar-refractivity contribution in [2.24, 2.45) is 0 Å². The third-order valence-electron chi connectivity index (χ3n) is 3.12. The van der Waals surface area contributed by atoms with Gasteiger partial charge in [-0.1, -0.05) is 0 Å². The minimum atomic E-state index is -1.66. The Morgan fingerprint density at radius 3 is 2.35 bits per heavy atom. The van der Waals surface area contributed by atoms with Crippen LogP contribution in [0.3, 0.4) is 0 Å². The number of anilines is 1. The third kappa shape index (κ3) is 2.27. The lowest BCUT2D eigenvalue weighted by Gasteiger charge is -2.08. The Morgan fingerprint density at radius 2 is 1.75 bits per heavy atom. The molecule has 0 radical (unpaired) electrons. The van der Waals surface area contributed by atoms with Crippen LogP contribution in [0.15, 0.2) is 21.3 Å². The number of aryl methyl sites for hydroxylation is 3. The molecule has 0 fully saturated rings. The zero-order valence-corrected chi connectivity index (χ0v) is 11.2. The van der Waals surface area contributed by atoms with Crippen LogP contribution in [-0.2, 0) is 9.59 Å². The quantitative estimate of drug-likeness (QED) is 0.773. The van der Waals surface area contributed by atoms with E-state index in [0.717, 1.165) is 11.1 Å². The van der Waals surface area contributed by atoms with Gasteiger partial charge in [-0.2, -0.15) is 0 Å². The summed E-state index contributed by atoms with van der Waals surface area (Å²) in [6.07, 6.45) is 0. The number of amides is 1. The van der Waals surface area contributed by atoms with Crippen LogP contribution in [0.4, 0.5) is 5.69 Å². The second-order valence-electron chi connectivity index (χ2n) is 4.55. The monoisotopic (exact) mass is 275 g/mol. The van der Waals surface area contributed by atoms with Crippen LogP contribution < -0.4 is 10.7 Å². The second kappa shape index (κ2) is 4.80. The Labute approximate surface area is 114 Å². The molecule has 0 saturated carbocycles. The van der Waals surface area contributed by atoms with Crippen LogP contribution in [-0.4, -0.2) is 17.0 Å². The Kier molecular flexibility index (Phi) is 3.31. The molecule has 1 aromatic carbocycles. The smallest absolute Gasteiger partial charge is 0.394 e. The molecule has 1 heterocycles. The number of nitrogens with one attached hydrogen (secondary N) is 1. The standard InChI is InChI=1S/C14H13NO5/c1-6-4-9-10(5-7(6)2)20-8(3)11(12(9)16)15-13(17)14(18)19/h4-5H,1-3H3,(H,15,17)(H,18,19). The number of fused-ring (bicyclic) bond motifs is 1. The SMILES string of the molecule is Cc1cc2oc(C)c(NC(=O)C(=O)O)c(=O)c2cc1C. The van der Waals surface area contributed by atoms with E-state index in [2.05, 4.69) is 5.32 Å². The van der Waals surface area contributed by atoms with E-state index in [4.69, 9.17) is 9.52 Å². The summed E-state index contributed by atoms with van der Waals surface area (Å²) in [4.78, 5) is 34.0. The van der Waals surface area contributed by atoms with Crippen molar-refractivity contribution < 1.29 is 19.1 Å². The zero-order chi connectivity index (χ0) is 15.0. The number of benzene rings is 1. The summed E-state index contributed by atoms with van der Waals surface area (Å²) >= 11 is 0. The van der Waals surface area contributed by atoms with Crippen molar-refractivity contribution in [3.05, 3.63) is 39.2 Å². The van der Waals surface area contributed by atoms with Crippen LogP contribution >= 0.6 is 0 Å². The van der Waals surface area contributed by atoms with Gasteiger partial charge in [-0.25, -0.2) is 4.79 Å². The Bertz CT molecular complexity index is 788. The first kappa shape index (κ1) is 13.8. The number of carboxylic acid groups (broad SMARTS) is 1. The molecule has 1 amide bonds. The molecule has 1 aromatic heterocycles. The van der Waals surface area contributed by atoms with E-state index >= 15 is 0 Å². The maximum Gasteiger partial charge on any atom is 0.394 e. The van der Waals surface area contributed by atoms with Gasteiger partial charge < -0.3 is 14.8 Å². The Morgan fingerprint density at radius 1 is 1.15 bits per heavy atom.